The Bertz CT molecular complexity index is 1150. The molecule has 0 aromatic heterocycles. The number of piperazine rings is 1. The molecule has 0 bridgehead atoms. The molecule has 5 rings (SSSR count). The van der Waals surface area contributed by atoms with E-state index in [0.717, 1.165) is 30.1 Å². The van der Waals surface area contributed by atoms with Crippen molar-refractivity contribution in [2.75, 3.05) is 44.2 Å². The number of fused-ring (bicyclic) bond motifs is 1. The van der Waals surface area contributed by atoms with Gasteiger partial charge in [-0.3, -0.25) is 14.5 Å². The van der Waals surface area contributed by atoms with Gasteiger partial charge in [0, 0.05) is 39.1 Å². The minimum atomic E-state index is -0.0553. The van der Waals surface area contributed by atoms with Gasteiger partial charge < -0.3 is 14.5 Å². The van der Waals surface area contributed by atoms with Gasteiger partial charge in [0.05, 0.1) is 11.7 Å². The molecule has 36 heavy (non-hydrogen) atoms. The fraction of sp³-hybridized carbons (Fsp3) is 0.333. The summed E-state index contributed by atoms with van der Waals surface area (Å²) >= 11 is 0. The first-order valence-corrected chi connectivity index (χ1v) is 12.8. The Morgan fingerprint density at radius 1 is 0.889 bits per heavy atom. The summed E-state index contributed by atoms with van der Waals surface area (Å²) in [6.07, 6.45) is 1.07. The van der Waals surface area contributed by atoms with Crippen LogP contribution in [0.15, 0.2) is 78.9 Å². The SMILES string of the molecule is Cc1ccc2c(c1)OCC(=O)N2CCCC(=O)N1CCN(C(c2ccccc2)c2ccccc2)CC1. The van der Waals surface area contributed by atoms with Gasteiger partial charge in [0.1, 0.15) is 5.75 Å². The van der Waals surface area contributed by atoms with Crippen LogP contribution in [0.3, 0.4) is 0 Å². The average molecular weight is 484 g/mol. The molecule has 1 saturated heterocycles. The molecule has 3 aromatic rings. The number of hydrogen-bond acceptors (Lipinski definition) is 4. The smallest absolute Gasteiger partial charge is 0.265 e. The molecular weight excluding hydrogens is 450 g/mol. The van der Waals surface area contributed by atoms with Crippen LogP contribution in [0.5, 0.6) is 5.75 Å². The van der Waals surface area contributed by atoms with E-state index in [2.05, 4.69) is 53.4 Å². The van der Waals surface area contributed by atoms with Gasteiger partial charge in [0.25, 0.3) is 5.91 Å². The van der Waals surface area contributed by atoms with Crippen molar-refractivity contribution in [2.24, 2.45) is 0 Å². The molecule has 2 heterocycles. The molecule has 0 radical (unpaired) electrons. The van der Waals surface area contributed by atoms with Crippen molar-refractivity contribution in [3.05, 3.63) is 95.6 Å². The van der Waals surface area contributed by atoms with Gasteiger partial charge in [-0.15, -0.1) is 0 Å². The van der Waals surface area contributed by atoms with Crippen molar-refractivity contribution < 1.29 is 14.3 Å². The van der Waals surface area contributed by atoms with Crippen molar-refractivity contribution in [2.45, 2.75) is 25.8 Å². The molecule has 3 aromatic carbocycles. The number of hydrogen-bond donors (Lipinski definition) is 0. The molecule has 0 atom stereocenters. The molecule has 0 saturated carbocycles. The maximum absolute atomic E-state index is 13.0. The third-order valence-electron chi connectivity index (χ3n) is 7.09. The van der Waals surface area contributed by atoms with E-state index in [4.69, 9.17) is 4.74 Å². The van der Waals surface area contributed by atoms with Crippen LogP contribution in [-0.2, 0) is 9.59 Å². The largest absolute Gasteiger partial charge is 0.482 e. The maximum Gasteiger partial charge on any atom is 0.265 e. The van der Waals surface area contributed by atoms with Crippen molar-refractivity contribution in [3.8, 4) is 5.75 Å². The predicted molar refractivity (Wildman–Crippen MR) is 141 cm³/mol. The molecule has 6 nitrogen and oxygen atoms in total. The summed E-state index contributed by atoms with van der Waals surface area (Å²) in [5, 5.41) is 0. The average Bonchev–Trinajstić information content (AvgIpc) is 2.91. The van der Waals surface area contributed by atoms with Crippen molar-refractivity contribution in [3.63, 3.8) is 0 Å². The Morgan fingerprint density at radius 3 is 2.17 bits per heavy atom. The highest BCUT2D eigenvalue weighted by Gasteiger charge is 2.29. The lowest BCUT2D eigenvalue weighted by Gasteiger charge is -2.40. The van der Waals surface area contributed by atoms with E-state index in [-0.39, 0.29) is 24.5 Å². The summed E-state index contributed by atoms with van der Waals surface area (Å²) < 4.78 is 5.59. The maximum atomic E-state index is 13.0. The number of carbonyl (C=O) groups excluding carboxylic acids is 2. The second-order valence-electron chi connectivity index (χ2n) is 9.55. The molecule has 0 aliphatic carbocycles. The number of amides is 2. The minimum Gasteiger partial charge on any atom is -0.482 e. The number of anilines is 1. The molecule has 0 unspecified atom stereocenters. The first-order valence-electron chi connectivity index (χ1n) is 12.8. The van der Waals surface area contributed by atoms with Crippen LogP contribution in [0.4, 0.5) is 5.69 Å². The molecule has 2 amide bonds. The fourth-order valence-electron chi connectivity index (χ4n) is 5.22. The van der Waals surface area contributed by atoms with Gasteiger partial charge in [-0.05, 0) is 42.2 Å². The van der Waals surface area contributed by atoms with Gasteiger partial charge in [-0.2, -0.15) is 0 Å². The zero-order valence-electron chi connectivity index (χ0n) is 20.8. The second kappa shape index (κ2) is 11.0. The first-order chi connectivity index (χ1) is 17.6. The molecule has 2 aliphatic heterocycles. The predicted octanol–water partition coefficient (Wildman–Crippen LogP) is 4.43. The summed E-state index contributed by atoms with van der Waals surface area (Å²) in [6, 6.07) is 27.2. The van der Waals surface area contributed by atoms with E-state index < -0.39 is 0 Å². The van der Waals surface area contributed by atoms with Gasteiger partial charge in [0.15, 0.2) is 6.61 Å². The van der Waals surface area contributed by atoms with E-state index in [1.807, 2.05) is 42.2 Å². The van der Waals surface area contributed by atoms with Crippen LogP contribution in [0.2, 0.25) is 0 Å². The number of aryl methyl sites for hydroxylation is 1. The van der Waals surface area contributed by atoms with Crippen LogP contribution < -0.4 is 9.64 Å². The monoisotopic (exact) mass is 483 g/mol. The van der Waals surface area contributed by atoms with E-state index in [0.29, 0.717) is 32.5 Å². The third kappa shape index (κ3) is 5.29. The van der Waals surface area contributed by atoms with Crippen molar-refractivity contribution in [1.82, 2.24) is 9.80 Å². The van der Waals surface area contributed by atoms with Crippen molar-refractivity contribution >= 4 is 17.5 Å². The van der Waals surface area contributed by atoms with Gasteiger partial charge >= 0.3 is 0 Å². The summed E-state index contributed by atoms with van der Waals surface area (Å²) in [6.45, 7) is 5.67. The summed E-state index contributed by atoms with van der Waals surface area (Å²) in [4.78, 5) is 31.7. The number of nitrogens with zero attached hydrogens (tertiary/aromatic N) is 3. The number of ether oxygens (including phenoxy) is 1. The highest BCUT2D eigenvalue weighted by atomic mass is 16.5. The van der Waals surface area contributed by atoms with Crippen molar-refractivity contribution in [1.29, 1.82) is 0 Å². The van der Waals surface area contributed by atoms with Gasteiger partial charge in [-0.1, -0.05) is 66.7 Å². The first kappa shape index (κ1) is 24.1. The molecule has 186 valence electrons. The lowest BCUT2D eigenvalue weighted by atomic mass is 9.96. The normalized spacial score (nSPS) is 16.1. The summed E-state index contributed by atoms with van der Waals surface area (Å²) in [5.74, 6) is 0.846. The van der Waals surface area contributed by atoms with E-state index in [1.54, 1.807) is 4.90 Å². The Morgan fingerprint density at radius 2 is 1.53 bits per heavy atom. The fourth-order valence-corrected chi connectivity index (χ4v) is 5.22. The second-order valence-corrected chi connectivity index (χ2v) is 9.55. The van der Waals surface area contributed by atoms with E-state index in [9.17, 15) is 9.59 Å². The third-order valence-corrected chi connectivity index (χ3v) is 7.09. The van der Waals surface area contributed by atoms with E-state index >= 15 is 0 Å². The highest BCUT2D eigenvalue weighted by molar-refractivity contribution is 5.97. The molecule has 0 spiro atoms. The minimum absolute atomic E-state index is 0.0519. The summed E-state index contributed by atoms with van der Waals surface area (Å²) in [5.41, 5.74) is 4.44. The zero-order chi connectivity index (χ0) is 24.9. The standard InChI is InChI=1S/C30H33N3O3/c1-23-14-15-26-27(21-23)36-22-29(35)33(26)16-8-13-28(34)31-17-19-32(20-18-31)30(24-9-4-2-5-10-24)25-11-6-3-7-12-25/h2-7,9-12,14-15,21,30H,8,13,16-20,22H2,1H3. The highest BCUT2D eigenvalue weighted by Crippen LogP contribution is 2.33. The quantitative estimate of drug-likeness (QED) is 0.499. The molecule has 1 fully saturated rings. The Kier molecular flexibility index (Phi) is 7.33. The van der Waals surface area contributed by atoms with Crippen LogP contribution in [-0.4, -0.2) is 60.9 Å². The van der Waals surface area contributed by atoms with Crippen LogP contribution in [0, 0.1) is 6.92 Å². The molecule has 2 aliphatic rings. The van der Waals surface area contributed by atoms with Gasteiger partial charge in [0.2, 0.25) is 5.91 Å². The zero-order valence-corrected chi connectivity index (χ0v) is 20.8. The van der Waals surface area contributed by atoms with Crippen LogP contribution in [0.25, 0.3) is 0 Å². The number of benzene rings is 3. The van der Waals surface area contributed by atoms with Crippen LogP contribution >= 0.6 is 0 Å². The Balaban J connectivity index is 1.17. The lowest BCUT2D eigenvalue weighted by Crippen LogP contribution is -2.50. The summed E-state index contributed by atoms with van der Waals surface area (Å²) in [7, 11) is 0. The Hall–Kier alpha value is -3.64. The topological polar surface area (TPSA) is 53.1 Å². The number of rotatable bonds is 7. The lowest BCUT2D eigenvalue weighted by molar-refractivity contribution is -0.133. The Labute approximate surface area is 213 Å². The van der Waals surface area contributed by atoms with Gasteiger partial charge in [-0.25, -0.2) is 0 Å². The molecule has 0 N–H and O–H groups in total. The van der Waals surface area contributed by atoms with Crippen LogP contribution in [0.1, 0.15) is 35.6 Å². The van der Waals surface area contributed by atoms with E-state index in [1.165, 1.54) is 11.1 Å². The molecular formula is C30H33N3O3. The number of carbonyl (C=O) groups is 2. The molecule has 6 heteroatoms.